The number of nitrogens with one attached hydrogen (secondary N) is 1. The average Bonchev–Trinajstić information content (AvgIpc) is 3.15. The molecule has 0 unspecified atom stereocenters. The summed E-state index contributed by atoms with van der Waals surface area (Å²) in [6.45, 7) is 5.99. The first kappa shape index (κ1) is 18.7. The summed E-state index contributed by atoms with van der Waals surface area (Å²) in [5.41, 5.74) is 1.65. The van der Waals surface area contributed by atoms with E-state index in [0.717, 1.165) is 31.7 Å². The smallest absolute Gasteiger partial charge is 0.280 e. The van der Waals surface area contributed by atoms with Crippen LogP contribution in [0.4, 0.5) is 5.95 Å². The van der Waals surface area contributed by atoms with Crippen LogP contribution in [0, 0.1) is 22.7 Å². The highest BCUT2D eigenvalue weighted by Gasteiger charge is 2.23. The Balaban J connectivity index is 1.87. The molecule has 1 aliphatic heterocycles. The quantitative estimate of drug-likeness (QED) is 0.703. The van der Waals surface area contributed by atoms with E-state index in [-0.39, 0.29) is 17.9 Å². The van der Waals surface area contributed by atoms with Crippen LogP contribution in [0.3, 0.4) is 0 Å². The molecule has 3 aromatic rings. The molecule has 0 bridgehead atoms. The molecule has 0 saturated carbocycles. The second kappa shape index (κ2) is 7.74. The lowest BCUT2D eigenvalue weighted by molar-refractivity contribution is 0.569. The molecule has 1 aliphatic rings. The number of aryl methyl sites for hydroxylation is 1. The monoisotopic (exact) mass is 388 g/mol. The molecule has 29 heavy (non-hydrogen) atoms. The Morgan fingerprint density at radius 3 is 2.62 bits per heavy atom. The van der Waals surface area contributed by atoms with Crippen molar-refractivity contribution in [3.63, 3.8) is 0 Å². The second-order valence-corrected chi connectivity index (χ2v) is 6.82. The molecule has 0 aliphatic carbocycles. The molecule has 1 fully saturated rings. The van der Waals surface area contributed by atoms with Crippen molar-refractivity contribution in [2.45, 2.75) is 20.0 Å². The summed E-state index contributed by atoms with van der Waals surface area (Å²) < 4.78 is 3.23. The summed E-state index contributed by atoms with van der Waals surface area (Å²) in [6.07, 6.45) is 0. The maximum Gasteiger partial charge on any atom is 0.280 e. The molecule has 1 saturated heterocycles. The minimum atomic E-state index is -0.301. The minimum absolute atomic E-state index is 0.0116. The third-order valence-corrected chi connectivity index (χ3v) is 5.06. The van der Waals surface area contributed by atoms with Crippen LogP contribution in [0.5, 0.6) is 0 Å². The molecule has 9 heteroatoms. The molecule has 0 atom stereocenters. The van der Waals surface area contributed by atoms with Gasteiger partial charge in [-0.2, -0.15) is 20.5 Å². The van der Waals surface area contributed by atoms with E-state index in [2.05, 4.69) is 26.3 Å². The van der Waals surface area contributed by atoms with Crippen LogP contribution >= 0.6 is 0 Å². The Morgan fingerprint density at radius 2 is 1.93 bits per heavy atom. The highest BCUT2D eigenvalue weighted by Crippen LogP contribution is 2.20. The number of nitrogens with zero attached hydrogens (tertiary/aromatic N) is 7. The average molecular weight is 388 g/mol. The number of imidazole rings is 1. The van der Waals surface area contributed by atoms with Gasteiger partial charge in [0.2, 0.25) is 11.8 Å². The van der Waals surface area contributed by atoms with E-state index in [1.54, 1.807) is 18.2 Å². The van der Waals surface area contributed by atoms with E-state index in [4.69, 9.17) is 5.26 Å². The zero-order valence-corrected chi connectivity index (χ0v) is 16.1. The predicted octanol–water partition coefficient (Wildman–Crippen LogP) is 0.814. The molecule has 1 N–H and O–H groups in total. The summed E-state index contributed by atoms with van der Waals surface area (Å²) in [6, 6.07) is 11.1. The lowest BCUT2D eigenvalue weighted by atomic mass is 10.1. The fraction of sp³-hybridized carbons (Fsp3) is 0.350. The highest BCUT2D eigenvalue weighted by molar-refractivity contribution is 5.74. The minimum Gasteiger partial charge on any atom is -0.340 e. The first-order chi connectivity index (χ1) is 14.2. The van der Waals surface area contributed by atoms with Gasteiger partial charge in [-0.15, -0.1) is 0 Å². The van der Waals surface area contributed by atoms with Crippen molar-refractivity contribution in [1.82, 2.24) is 24.4 Å². The van der Waals surface area contributed by atoms with Crippen LogP contribution < -0.4 is 15.8 Å². The normalized spacial score (nSPS) is 14.0. The standard InChI is InChI=1S/C20H20N8O/c1-2-27-17-18(25-20(27)26-8-6-23-7-9-26)24-16(12-22)28(19(17)29)13-15-5-3-4-14(10-15)11-21/h3-5,10,23H,2,6-9,13H2,1H3. The van der Waals surface area contributed by atoms with Crippen LogP contribution in [-0.2, 0) is 13.1 Å². The van der Waals surface area contributed by atoms with Gasteiger partial charge in [0.05, 0.1) is 18.2 Å². The summed E-state index contributed by atoms with van der Waals surface area (Å²) >= 11 is 0. The van der Waals surface area contributed by atoms with Gasteiger partial charge in [0.1, 0.15) is 6.07 Å². The maximum absolute atomic E-state index is 13.4. The molecular formula is C20H20N8O. The lowest BCUT2D eigenvalue weighted by Gasteiger charge is -2.28. The van der Waals surface area contributed by atoms with E-state index in [9.17, 15) is 10.1 Å². The SMILES string of the molecule is CCn1c(N2CCNCC2)nc2nc(C#N)n(Cc3cccc(C#N)c3)c(=O)c21. The van der Waals surface area contributed by atoms with E-state index in [0.29, 0.717) is 29.2 Å². The van der Waals surface area contributed by atoms with Crippen molar-refractivity contribution in [1.29, 1.82) is 10.5 Å². The number of rotatable bonds is 4. The van der Waals surface area contributed by atoms with Crippen molar-refractivity contribution >= 4 is 17.1 Å². The van der Waals surface area contributed by atoms with Gasteiger partial charge in [-0.1, -0.05) is 12.1 Å². The Morgan fingerprint density at radius 1 is 1.14 bits per heavy atom. The second-order valence-electron chi connectivity index (χ2n) is 6.82. The van der Waals surface area contributed by atoms with E-state index in [1.165, 1.54) is 4.57 Å². The first-order valence-corrected chi connectivity index (χ1v) is 9.52. The van der Waals surface area contributed by atoms with Crippen molar-refractivity contribution in [3.8, 4) is 12.1 Å². The van der Waals surface area contributed by atoms with E-state index < -0.39 is 0 Å². The predicted molar refractivity (Wildman–Crippen MR) is 108 cm³/mol. The number of piperazine rings is 1. The topological polar surface area (TPSA) is 116 Å². The Labute approximate surface area is 167 Å². The number of hydrogen-bond donors (Lipinski definition) is 1. The summed E-state index contributed by atoms with van der Waals surface area (Å²) in [7, 11) is 0. The van der Waals surface area contributed by atoms with Crippen LogP contribution in [-0.4, -0.2) is 45.3 Å². The molecule has 1 aromatic carbocycles. The van der Waals surface area contributed by atoms with Crippen molar-refractivity contribution < 1.29 is 0 Å². The van der Waals surface area contributed by atoms with Gasteiger partial charge < -0.3 is 14.8 Å². The van der Waals surface area contributed by atoms with Crippen LogP contribution in [0.15, 0.2) is 29.1 Å². The molecule has 146 valence electrons. The van der Waals surface area contributed by atoms with Crippen molar-refractivity contribution in [2.75, 3.05) is 31.1 Å². The van der Waals surface area contributed by atoms with Crippen LogP contribution in [0.1, 0.15) is 23.9 Å². The Kier molecular flexibility index (Phi) is 4.98. The van der Waals surface area contributed by atoms with Gasteiger partial charge in [-0.25, -0.2) is 0 Å². The number of hydrogen-bond acceptors (Lipinski definition) is 7. The first-order valence-electron chi connectivity index (χ1n) is 9.52. The zero-order valence-electron chi connectivity index (χ0n) is 16.1. The van der Waals surface area contributed by atoms with E-state index in [1.807, 2.05) is 23.6 Å². The molecule has 3 heterocycles. The molecule has 4 rings (SSSR count). The van der Waals surface area contributed by atoms with Gasteiger partial charge >= 0.3 is 0 Å². The molecule has 9 nitrogen and oxygen atoms in total. The number of fused-ring (bicyclic) bond motifs is 1. The van der Waals surface area contributed by atoms with Crippen LogP contribution in [0.25, 0.3) is 11.2 Å². The number of benzene rings is 1. The van der Waals surface area contributed by atoms with Crippen LogP contribution in [0.2, 0.25) is 0 Å². The number of aromatic nitrogens is 4. The zero-order chi connectivity index (χ0) is 20.4. The maximum atomic E-state index is 13.4. The summed E-state index contributed by atoms with van der Waals surface area (Å²) in [5.74, 6) is 0.721. The van der Waals surface area contributed by atoms with E-state index >= 15 is 0 Å². The van der Waals surface area contributed by atoms with Gasteiger partial charge in [0.15, 0.2) is 11.2 Å². The van der Waals surface area contributed by atoms with Gasteiger partial charge in [0.25, 0.3) is 5.56 Å². The third-order valence-electron chi connectivity index (χ3n) is 5.06. The Hall–Kier alpha value is -3.69. The van der Waals surface area contributed by atoms with Crippen molar-refractivity contribution in [2.24, 2.45) is 0 Å². The van der Waals surface area contributed by atoms with Gasteiger partial charge in [-0.05, 0) is 24.6 Å². The number of nitriles is 2. The van der Waals surface area contributed by atoms with Gasteiger partial charge in [0, 0.05) is 32.7 Å². The largest absolute Gasteiger partial charge is 0.340 e. The lowest BCUT2D eigenvalue weighted by Crippen LogP contribution is -2.44. The third kappa shape index (κ3) is 3.33. The summed E-state index contributed by atoms with van der Waals surface area (Å²) in [4.78, 5) is 24.5. The molecule has 0 radical (unpaired) electrons. The summed E-state index contributed by atoms with van der Waals surface area (Å²) in [5, 5.41) is 22.0. The Bertz CT molecular complexity index is 1200. The molecule has 2 aromatic heterocycles. The van der Waals surface area contributed by atoms with Gasteiger partial charge in [-0.3, -0.25) is 9.36 Å². The highest BCUT2D eigenvalue weighted by atomic mass is 16.1. The number of anilines is 1. The molecule has 0 spiro atoms. The molecule has 0 amide bonds. The van der Waals surface area contributed by atoms with Crippen molar-refractivity contribution in [3.05, 3.63) is 51.6 Å². The molecular weight excluding hydrogens is 368 g/mol. The fourth-order valence-corrected chi connectivity index (χ4v) is 3.66. The fourth-order valence-electron chi connectivity index (χ4n) is 3.66.